The summed E-state index contributed by atoms with van der Waals surface area (Å²) in [5, 5.41) is 6.78. The quantitative estimate of drug-likeness (QED) is 0.750. The third-order valence-electron chi connectivity index (χ3n) is 2.69. The van der Waals surface area contributed by atoms with Crippen LogP contribution in [0.15, 0.2) is 28.1 Å². The molecule has 0 aliphatic carbocycles. The Hall–Kier alpha value is -2.28. The fraction of sp³-hybridized carbons (Fsp3) is 0.154. The van der Waals surface area contributed by atoms with Crippen LogP contribution >= 0.6 is 11.3 Å². The van der Waals surface area contributed by atoms with Crippen LogP contribution in [0, 0.1) is 12.7 Å². The second-order valence-electron chi connectivity index (χ2n) is 4.31. The maximum absolute atomic E-state index is 13.0. The molecule has 2 aromatic heterocycles. The summed E-state index contributed by atoms with van der Waals surface area (Å²) in [6.45, 7) is 1.93. The second-order valence-corrected chi connectivity index (χ2v) is 5.25. The van der Waals surface area contributed by atoms with E-state index in [4.69, 9.17) is 10.3 Å². The molecule has 102 valence electrons. The molecule has 0 saturated carbocycles. The van der Waals surface area contributed by atoms with E-state index in [9.17, 15) is 4.39 Å². The summed E-state index contributed by atoms with van der Waals surface area (Å²) in [6.07, 6.45) is 0.503. The van der Waals surface area contributed by atoms with Crippen LogP contribution in [0.2, 0.25) is 0 Å². The van der Waals surface area contributed by atoms with Gasteiger partial charge in [0.15, 0.2) is 5.82 Å². The van der Waals surface area contributed by atoms with Gasteiger partial charge < -0.3 is 10.3 Å². The van der Waals surface area contributed by atoms with Gasteiger partial charge in [-0.05, 0) is 25.1 Å². The van der Waals surface area contributed by atoms with E-state index >= 15 is 0 Å². The number of hydrogen-bond acceptors (Lipinski definition) is 6. The normalized spacial score (nSPS) is 10.9. The highest BCUT2D eigenvalue weighted by Gasteiger charge is 2.13. The van der Waals surface area contributed by atoms with Crippen molar-refractivity contribution in [3.63, 3.8) is 0 Å². The Bertz CT molecular complexity index is 752. The first-order valence-electron chi connectivity index (χ1n) is 5.91. The van der Waals surface area contributed by atoms with Gasteiger partial charge in [-0.1, -0.05) is 5.16 Å². The molecule has 20 heavy (non-hydrogen) atoms. The van der Waals surface area contributed by atoms with Crippen molar-refractivity contribution in [2.45, 2.75) is 13.3 Å². The minimum absolute atomic E-state index is 0.269. The lowest BCUT2D eigenvalue weighted by molar-refractivity contribution is 0.424. The monoisotopic (exact) mass is 290 g/mol. The highest BCUT2D eigenvalue weighted by Crippen LogP contribution is 2.25. The average Bonchev–Trinajstić information content (AvgIpc) is 2.99. The minimum atomic E-state index is -0.399. The smallest absolute Gasteiger partial charge is 0.260 e. The van der Waals surface area contributed by atoms with Gasteiger partial charge in [0.25, 0.3) is 5.89 Å². The Labute approximate surface area is 118 Å². The number of halogens is 1. The molecule has 3 rings (SSSR count). The molecule has 1 aromatic carbocycles. The van der Waals surface area contributed by atoms with Crippen molar-refractivity contribution < 1.29 is 8.91 Å². The summed E-state index contributed by atoms with van der Waals surface area (Å²) >= 11 is 1.55. The number of rotatable bonds is 3. The highest BCUT2D eigenvalue weighted by atomic mass is 32.1. The number of thiazole rings is 1. The molecule has 0 atom stereocenters. The van der Waals surface area contributed by atoms with Gasteiger partial charge in [-0.25, -0.2) is 9.37 Å². The number of anilines is 1. The lowest BCUT2D eigenvalue weighted by atomic mass is 10.2. The maximum Gasteiger partial charge on any atom is 0.260 e. The first kappa shape index (κ1) is 12.7. The zero-order valence-corrected chi connectivity index (χ0v) is 11.4. The summed E-state index contributed by atoms with van der Waals surface area (Å²) < 4.78 is 18.2. The summed E-state index contributed by atoms with van der Waals surface area (Å²) in [4.78, 5) is 8.60. The summed E-state index contributed by atoms with van der Waals surface area (Å²) in [5.74, 6) is 0.410. The minimum Gasteiger partial charge on any atom is -0.398 e. The molecule has 0 fully saturated rings. The molecule has 2 heterocycles. The van der Waals surface area contributed by atoms with Gasteiger partial charge in [0, 0.05) is 16.8 Å². The standard InChI is InChI=1S/C13H11FN4OS/c1-7-6-20-12(16-7)5-11-17-13(19-18-11)9-3-2-8(14)4-10(9)15/h2-4,6H,5,15H2,1H3. The Morgan fingerprint density at radius 3 is 2.90 bits per heavy atom. The van der Waals surface area contributed by atoms with Gasteiger partial charge in [-0.3, -0.25) is 0 Å². The molecule has 0 unspecified atom stereocenters. The van der Waals surface area contributed by atoms with Crippen LogP contribution in [-0.2, 0) is 6.42 Å². The van der Waals surface area contributed by atoms with Gasteiger partial charge in [-0.15, -0.1) is 11.3 Å². The van der Waals surface area contributed by atoms with Gasteiger partial charge in [-0.2, -0.15) is 4.98 Å². The molecule has 0 amide bonds. The summed E-state index contributed by atoms with van der Waals surface area (Å²) in [5.41, 5.74) is 7.51. The van der Waals surface area contributed by atoms with Gasteiger partial charge in [0.2, 0.25) is 0 Å². The van der Waals surface area contributed by atoms with E-state index in [1.54, 1.807) is 11.3 Å². The topological polar surface area (TPSA) is 77.8 Å². The van der Waals surface area contributed by atoms with Crippen LogP contribution in [0.1, 0.15) is 16.5 Å². The van der Waals surface area contributed by atoms with Crippen LogP contribution in [0.25, 0.3) is 11.5 Å². The van der Waals surface area contributed by atoms with Crippen molar-refractivity contribution in [2.24, 2.45) is 0 Å². The third kappa shape index (κ3) is 2.53. The van der Waals surface area contributed by atoms with Crippen molar-refractivity contribution in [3.8, 4) is 11.5 Å². The van der Waals surface area contributed by atoms with E-state index < -0.39 is 5.82 Å². The van der Waals surface area contributed by atoms with Gasteiger partial charge >= 0.3 is 0 Å². The number of nitrogens with two attached hydrogens (primary N) is 1. The molecule has 0 aliphatic heterocycles. The number of nitrogen functional groups attached to an aromatic ring is 1. The van der Waals surface area contributed by atoms with E-state index in [2.05, 4.69) is 15.1 Å². The molecule has 3 aromatic rings. The van der Waals surface area contributed by atoms with Crippen molar-refractivity contribution >= 4 is 17.0 Å². The zero-order valence-electron chi connectivity index (χ0n) is 10.6. The molecule has 0 aliphatic rings. The van der Waals surface area contributed by atoms with Crippen molar-refractivity contribution in [1.82, 2.24) is 15.1 Å². The van der Waals surface area contributed by atoms with Crippen molar-refractivity contribution in [2.75, 3.05) is 5.73 Å². The van der Waals surface area contributed by atoms with Gasteiger partial charge in [0.1, 0.15) is 10.8 Å². The van der Waals surface area contributed by atoms with E-state index in [0.29, 0.717) is 17.8 Å². The van der Waals surface area contributed by atoms with Crippen LogP contribution in [-0.4, -0.2) is 15.1 Å². The van der Waals surface area contributed by atoms with Crippen LogP contribution in [0.5, 0.6) is 0 Å². The molecule has 2 N–H and O–H groups in total. The predicted molar refractivity (Wildman–Crippen MR) is 73.8 cm³/mol. The van der Waals surface area contributed by atoms with E-state index in [1.165, 1.54) is 18.2 Å². The molecule has 7 heteroatoms. The average molecular weight is 290 g/mol. The van der Waals surface area contributed by atoms with Crippen LogP contribution in [0.4, 0.5) is 10.1 Å². The highest BCUT2D eigenvalue weighted by molar-refractivity contribution is 7.09. The largest absolute Gasteiger partial charge is 0.398 e. The van der Waals surface area contributed by atoms with Crippen molar-refractivity contribution in [3.05, 3.63) is 45.9 Å². The summed E-state index contributed by atoms with van der Waals surface area (Å²) in [7, 11) is 0. The molecular formula is C13H11FN4OS. The van der Waals surface area contributed by atoms with E-state index in [-0.39, 0.29) is 11.6 Å². The molecule has 0 spiro atoms. The van der Waals surface area contributed by atoms with Crippen LogP contribution in [0.3, 0.4) is 0 Å². The molecule has 0 bridgehead atoms. The number of aryl methyl sites for hydroxylation is 1. The van der Waals surface area contributed by atoms with E-state index in [1.807, 2.05) is 12.3 Å². The number of benzene rings is 1. The van der Waals surface area contributed by atoms with Gasteiger partial charge in [0.05, 0.1) is 12.0 Å². The molecule has 0 radical (unpaired) electrons. The molecule has 0 saturated heterocycles. The predicted octanol–water partition coefficient (Wildman–Crippen LogP) is 2.81. The Morgan fingerprint density at radius 2 is 2.20 bits per heavy atom. The number of nitrogens with zero attached hydrogens (tertiary/aromatic N) is 3. The Kier molecular flexibility index (Phi) is 3.19. The second kappa shape index (κ2) is 5.01. The fourth-order valence-corrected chi connectivity index (χ4v) is 2.55. The Morgan fingerprint density at radius 1 is 1.35 bits per heavy atom. The number of aromatic nitrogens is 3. The van der Waals surface area contributed by atoms with Crippen molar-refractivity contribution in [1.29, 1.82) is 0 Å². The summed E-state index contributed by atoms with van der Waals surface area (Å²) in [6, 6.07) is 4.05. The zero-order chi connectivity index (χ0) is 14.1. The fourth-order valence-electron chi connectivity index (χ4n) is 1.78. The lowest BCUT2D eigenvalue weighted by Gasteiger charge is -1.99. The van der Waals surface area contributed by atoms with Crippen LogP contribution < -0.4 is 5.73 Å². The first-order valence-corrected chi connectivity index (χ1v) is 6.79. The lowest BCUT2D eigenvalue weighted by Crippen LogP contribution is -1.93. The van der Waals surface area contributed by atoms with E-state index in [0.717, 1.165) is 10.7 Å². The number of hydrogen-bond donors (Lipinski definition) is 1. The molecule has 5 nitrogen and oxygen atoms in total. The Balaban J connectivity index is 1.86. The molecular weight excluding hydrogens is 279 g/mol. The SMILES string of the molecule is Cc1csc(Cc2noc(-c3ccc(F)cc3N)n2)n1. The maximum atomic E-state index is 13.0. The first-order chi connectivity index (χ1) is 9.61. The third-order valence-corrected chi connectivity index (χ3v) is 3.65.